The molecule has 0 bridgehead atoms. The summed E-state index contributed by atoms with van der Waals surface area (Å²) in [6.07, 6.45) is 4.54. The van der Waals surface area contributed by atoms with E-state index in [1.54, 1.807) is 4.90 Å². The van der Waals surface area contributed by atoms with Gasteiger partial charge in [-0.2, -0.15) is 0 Å². The van der Waals surface area contributed by atoms with Gasteiger partial charge in [0.1, 0.15) is 6.10 Å². The van der Waals surface area contributed by atoms with Crippen LogP contribution in [0.25, 0.3) is 0 Å². The second-order valence-electron chi connectivity index (χ2n) is 7.13. The molecular formula is C19H26N2O3. The fraction of sp³-hybridized carbons (Fsp3) is 0.579. The minimum Gasteiger partial charge on any atom is -0.461 e. The number of esters is 1. The molecule has 2 unspecified atom stereocenters. The third kappa shape index (κ3) is 4.28. The van der Waals surface area contributed by atoms with Crippen LogP contribution in [0.15, 0.2) is 24.3 Å². The first-order valence-corrected chi connectivity index (χ1v) is 8.83. The lowest BCUT2D eigenvalue weighted by Gasteiger charge is -2.31. The van der Waals surface area contributed by atoms with Crippen molar-refractivity contribution in [1.29, 1.82) is 0 Å². The summed E-state index contributed by atoms with van der Waals surface area (Å²) < 4.78 is 5.86. The number of rotatable bonds is 5. The second kappa shape index (κ2) is 7.24. The molecule has 1 aliphatic carbocycles. The molecule has 2 atom stereocenters. The molecule has 2 fully saturated rings. The van der Waals surface area contributed by atoms with Crippen molar-refractivity contribution in [3.8, 4) is 0 Å². The van der Waals surface area contributed by atoms with Crippen molar-refractivity contribution in [1.82, 2.24) is 4.90 Å². The van der Waals surface area contributed by atoms with Crippen molar-refractivity contribution in [2.24, 2.45) is 17.6 Å². The SMILES string of the molecule is Cc1ccc(CC(OC(=O)C2CCCN(C(N)=O)C2)C2CC2)cc1. The van der Waals surface area contributed by atoms with Gasteiger partial charge < -0.3 is 15.4 Å². The molecule has 1 aromatic carbocycles. The molecule has 1 heterocycles. The average molecular weight is 330 g/mol. The number of amides is 2. The number of piperidine rings is 1. The Kier molecular flexibility index (Phi) is 5.07. The highest BCUT2D eigenvalue weighted by Gasteiger charge is 2.36. The van der Waals surface area contributed by atoms with Crippen LogP contribution in [0.4, 0.5) is 4.79 Å². The quantitative estimate of drug-likeness (QED) is 0.844. The first kappa shape index (κ1) is 16.8. The van der Waals surface area contributed by atoms with E-state index in [4.69, 9.17) is 10.5 Å². The molecule has 0 radical (unpaired) electrons. The van der Waals surface area contributed by atoms with Crippen LogP contribution in [-0.2, 0) is 16.0 Å². The smallest absolute Gasteiger partial charge is 0.314 e. The van der Waals surface area contributed by atoms with Crippen molar-refractivity contribution >= 4 is 12.0 Å². The molecule has 2 amide bonds. The first-order chi connectivity index (χ1) is 11.5. The Labute approximate surface area is 143 Å². The highest BCUT2D eigenvalue weighted by Crippen LogP contribution is 2.36. The van der Waals surface area contributed by atoms with Gasteiger partial charge in [0.2, 0.25) is 0 Å². The Balaban J connectivity index is 1.59. The number of likely N-dealkylation sites (tertiary alicyclic amines) is 1. The van der Waals surface area contributed by atoms with Crippen LogP contribution in [0.1, 0.15) is 36.8 Å². The first-order valence-electron chi connectivity index (χ1n) is 8.83. The summed E-state index contributed by atoms with van der Waals surface area (Å²) in [6.45, 7) is 3.08. The summed E-state index contributed by atoms with van der Waals surface area (Å²) in [4.78, 5) is 25.4. The molecule has 1 saturated carbocycles. The van der Waals surface area contributed by atoms with Gasteiger partial charge in [-0.05, 0) is 44.1 Å². The zero-order chi connectivity index (χ0) is 17.1. The van der Waals surface area contributed by atoms with Crippen LogP contribution < -0.4 is 5.73 Å². The maximum absolute atomic E-state index is 12.6. The number of carbonyl (C=O) groups excluding carboxylic acids is 2. The summed E-state index contributed by atoms with van der Waals surface area (Å²) in [7, 11) is 0. The highest BCUT2D eigenvalue weighted by molar-refractivity contribution is 5.76. The molecule has 24 heavy (non-hydrogen) atoms. The predicted octanol–water partition coefficient (Wildman–Crippen LogP) is 2.65. The van der Waals surface area contributed by atoms with E-state index >= 15 is 0 Å². The van der Waals surface area contributed by atoms with Gasteiger partial charge in [-0.1, -0.05) is 29.8 Å². The van der Waals surface area contributed by atoms with Crippen molar-refractivity contribution in [2.75, 3.05) is 13.1 Å². The van der Waals surface area contributed by atoms with E-state index in [1.807, 2.05) is 0 Å². The van der Waals surface area contributed by atoms with Gasteiger partial charge >= 0.3 is 12.0 Å². The number of nitrogens with zero attached hydrogens (tertiary/aromatic N) is 1. The number of hydrogen-bond donors (Lipinski definition) is 1. The Morgan fingerprint density at radius 1 is 1.25 bits per heavy atom. The third-order valence-corrected chi connectivity index (χ3v) is 5.04. The zero-order valence-electron chi connectivity index (χ0n) is 14.2. The summed E-state index contributed by atoms with van der Waals surface area (Å²) in [5.41, 5.74) is 7.77. The van der Waals surface area contributed by atoms with Crippen LogP contribution in [-0.4, -0.2) is 36.1 Å². The summed E-state index contributed by atoms with van der Waals surface area (Å²) in [6, 6.07) is 7.94. The van der Waals surface area contributed by atoms with E-state index in [9.17, 15) is 9.59 Å². The van der Waals surface area contributed by atoms with Gasteiger partial charge in [0, 0.05) is 19.5 Å². The van der Waals surface area contributed by atoms with E-state index in [0.29, 0.717) is 19.0 Å². The molecule has 3 rings (SSSR count). The van der Waals surface area contributed by atoms with E-state index in [1.165, 1.54) is 11.1 Å². The van der Waals surface area contributed by atoms with Crippen LogP contribution >= 0.6 is 0 Å². The van der Waals surface area contributed by atoms with E-state index in [2.05, 4.69) is 31.2 Å². The zero-order valence-corrected chi connectivity index (χ0v) is 14.2. The van der Waals surface area contributed by atoms with E-state index in [0.717, 1.165) is 32.1 Å². The normalized spacial score (nSPS) is 22.0. The fourth-order valence-electron chi connectivity index (χ4n) is 3.34. The van der Waals surface area contributed by atoms with Crippen molar-refractivity contribution in [3.05, 3.63) is 35.4 Å². The summed E-state index contributed by atoms with van der Waals surface area (Å²) in [5, 5.41) is 0. The molecule has 1 aromatic rings. The Hall–Kier alpha value is -2.04. The van der Waals surface area contributed by atoms with Gasteiger partial charge in [0.15, 0.2) is 0 Å². The van der Waals surface area contributed by atoms with Gasteiger partial charge in [-0.3, -0.25) is 4.79 Å². The van der Waals surface area contributed by atoms with Crippen LogP contribution in [0.3, 0.4) is 0 Å². The van der Waals surface area contributed by atoms with Crippen LogP contribution in [0.5, 0.6) is 0 Å². The maximum atomic E-state index is 12.6. The number of nitrogens with two attached hydrogens (primary N) is 1. The number of hydrogen-bond acceptors (Lipinski definition) is 3. The van der Waals surface area contributed by atoms with Gasteiger partial charge in [-0.25, -0.2) is 4.79 Å². The number of aryl methyl sites for hydroxylation is 1. The third-order valence-electron chi connectivity index (χ3n) is 5.04. The molecule has 5 nitrogen and oxygen atoms in total. The maximum Gasteiger partial charge on any atom is 0.314 e. The highest BCUT2D eigenvalue weighted by atomic mass is 16.5. The number of primary amides is 1. The molecule has 1 aliphatic heterocycles. The summed E-state index contributed by atoms with van der Waals surface area (Å²) >= 11 is 0. The minimum absolute atomic E-state index is 0.0517. The molecule has 0 spiro atoms. The molecule has 5 heteroatoms. The largest absolute Gasteiger partial charge is 0.461 e. The van der Waals surface area contributed by atoms with Gasteiger partial charge in [0.25, 0.3) is 0 Å². The lowest BCUT2D eigenvalue weighted by molar-refractivity contribution is -0.156. The number of carbonyl (C=O) groups is 2. The molecule has 0 aromatic heterocycles. The number of urea groups is 1. The standard InChI is InChI=1S/C19H26N2O3/c1-13-4-6-14(7-5-13)11-17(15-8-9-15)24-18(22)16-3-2-10-21(12-16)19(20)23/h4-7,15-17H,2-3,8-12H2,1H3,(H2,20,23). The summed E-state index contributed by atoms with van der Waals surface area (Å²) in [5.74, 6) is 0.0570. The number of ether oxygens (including phenoxy) is 1. The number of benzene rings is 1. The van der Waals surface area contributed by atoms with Gasteiger partial charge in [-0.15, -0.1) is 0 Å². The lowest BCUT2D eigenvalue weighted by Crippen LogP contribution is -2.45. The van der Waals surface area contributed by atoms with Crippen LogP contribution in [0, 0.1) is 18.8 Å². The van der Waals surface area contributed by atoms with Crippen molar-refractivity contribution < 1.29 is 14.3 Å². The Bertz CT molecular complexity index is 595. The molecule has 1 saturated heterocycles. The second-order valence-corrected chi connectivity index (χ2v) is 7.13. The topological polar surface area (TPSA) is 72.6 Å². The minimum atomic E-state index is -0.453. The fourth-order valence-corrected chi connectivity index (χ4v) is 3.34. The molecule has 2 aliphatic rings. The Morgan fingerprint density at radius 2 is 1.96 bits per heavy atom. The van der Waals surface area contributed by atoms with Crippen LogP contribution in [0.2, 0.25) is 0 Å². The molecule has 2 N–H and O–H groups in total. The monoisotopic (exact) mass is 330 g/mol. The van der Waals surface area contributed by atoms with Crippen molar-refractivity contribution in [2.45, 2.75) is 45.1 Å². The average Bonchev–Trinajstić information content (AvgIpc) is 3.41. The predicted molar refractivity (Wildman–Crippen MR) is 91.4 cm³/mol. The van der Waals surface area contributed by atoms with Gasteiger partial charge in [0.05, 0.1) is 5.92 Å². The van der Waals surface area contributed by atoms with Crippen molar-refractivity contribution in [3.63, 3.8) is 0 Å². The van der Waals surface area contributed by atoms with E-state index in [-0.39, 0.29) is 18.0 Å². The lowest BCUT2D eigenvalue weighted by atomic mass is 9.98. The van der Waals surface area contributed by atoms with E-state index < -0.39 is 6.03 Å². The Morgan fingerprint density at radius 3 is 2.58 bits per heavy atom. The molecular weight excluding hydrogens is 304 g/mol. The molecule has 130 valence electrons.